The molecule has 2 aromatic carbocycles. The molecule has 30 heavy (non-hydrogen) atoms. The van der Waals surface area contributed by atoms with E-state index in [1.165, 1.54) is 6.08 Å². The first-order valence-corrected chi connectivity index (χ1v) is 9.20. The fraction of sp³-hybridized carbons (Fsp3) is 0.182. The Kier molecular flexibility index (Phi) is 8.79. The predicted octanol–water partition coefficient (Wildman–Crippen LogP) is 2.21. The number of carboxylic acid groups (broad SMARTS) is 1. The quantitative estimate of drug-likeness (QED) is 0.316. The molecule has 8 heteroatoms. The molecule has 0 aromatic heterocycles. The van der Waals surface area contributed by atoms with Gasteiger partial charge in [0.25, 0.3) is 5.91 Å². The second kappa shape index (κ2) is 11.8. The van der Waals surface area contributed by atoms with Crippen molar-refractivity contribution in [2.24, 2.45) is 5.10 Å². The molecule has 0 saturated carbocycles. The van der Waals surface area contributed by atoms with Crippen molar-refractivity contribution in [1.29, 1.82) is 0 Å². The highest BCUT2D eigenvalue weighted by Crippen LogP contribution is 2.12. The van der Waals surface area contributed by atoms with E-state index in [1.54, 1.807) is 61.7 Å². The molecule has 0 saturated heterocycles. The van der Waals surface area contributed by atoms with Crippen molar-refractivity contribution < 1.29 is 24.2 Å². The lowest BCUT2D eigenvalue weighted by Gasteiger charge is -2.07. The summed E-state index contributed by atoms with van der Waals surface area (Å²) in [6, 6.07) is 16.1. The average Bonchev–Trinajstić information content (AvgIpc) is 2.77. The summed E-state index contributed by atoms with van der Waals surface area (Å²) in [6.45, 7) is -0.268. The Labute approximate surface area is 174 Å². The van der Waals surface area contributed by atoms with Gasteiger partial charge in [0.05, 0.1) is 25.8 Å². The van der Waals surface area contributed by atoms with Crippen LogP contribution in [0, 0.1) is 0 Å². The van der Waals surface area contributed by atoms with Gasteiger partial charge in [-0.1, -0.05) is 42.5 Å². The lowest BCUT2D eigenvalue weighted by molar-refractivity contribution is -0.136. The van der Waals surface area contributed by atoms with Crippen LogP contribution in [0.4, 0.5) is 0 Å². The number of hydrazone groups is 1. The van der Waals surface area contributed by atoms with Crippen LogP contribution < -0.4 is 15.5 Å². The second-order valence-corrected chi connectivity index (χ2v) is 6.18. The molecule has 0 radical (unpaired) electrons. The Morgan fingerprint density at radius 3 is 2.37 bits per heavy atom. The molecule has 156 valence electrons. The van der Waals surface area contributed by atoms with Crippen LogP contribution in [0.1, 0.15) is 24.0 Å². The number of benzene rings is 2. The van der Waals surface area contributed by atoms with Crippen molar-refractivity contribution in [2.45, 2.75) is 12.8 Å². The summed E-state index contributed by atoms with van der Waals surface area (Å²) < 4.78 is 5.07. The van der Waals surface area contributed by atoms with E-state index in [4.69, 9.17) is 9.84 Å². The number of nitrogens with one attached hydrogen (secondary N) is 2. The second-order valence-electron chi connectivity index (χ2n) is 6.18. The Balaban J connectivity index is 1.87. The first kappa shape index (κ1) is 22.4. The number of aliphatic carboxylic acids is 1. The molecule has 0 heterocycles. The van der Waals surface area contributed by atoms with Crippen molar-refractivity contribution in [1.82, 2.24) is 10.7 Å². The summed E-state index contributed by atoms with van der Waals surface area (Å²) in [5, 5.41) is 15.4. The van der Waals surface area contributed by atoms with Crippen LogP contribution in [0.3, 0.4) is 0 Å². The van der Waals surface area contributed by atoms with E-state index in [9.17, 15) is 14.4 Å². The maximum absolute atomic E-state index is 12.0. The van der Waals surface area contributed by atoms with E-state index in [0.29, 0.717) is 17.0 Å². The van der Waals surface area contributed by atoms with Crippen LogP contribution in [0.5, 0.6) is 5.75 Å². The third-order valence-corrected chi connectivity index (χ3v) is 3.96. The molecule has 0 aliphatic heterocycles. The molecule has 0 aliphatic rings. The average molecular weight is 409 g/mol. The molecule has 0 unspecified atom stereocenters. The summed E-state index contributed by atoms with van der Waals surface area (Å²) in [5.74, 6) is -1.20. The maximum Gasteiger partial charge on any atom is 0.303 e. The Bertz CT molecular complexity index is 922. The minimum absolute atomic E-state index is 0.115. The number of methoxy groups -OCH3 is 1. The maximum atomic E-state index is 12.0. The number of nitrogens with zero attached hydrogens (tertiary/aromatic N) is 1. The van der Waals surface area contributed by atoms with Crippen molar-refractivity contribution in [3.8, 4) is 5.75 Å². The number of carbonyl (C=O) groups is 3. The number of hydrogen-bond acceptors (Lipinski definition) is 5. The molecule has 3 N–H and O–H groups in total. The highest BCUT2D eigenvalue weighted by molar-refractivity contribution is 6.02. The third kappa shape index (κ3) is 7.97. The molecule has 2 aromatic rings. The Morgan fingerprint density at radius 1 is 1.03 bits per heavy atom. The van der Waals surface area contributed by atoms with E-state index in [1.807, 2.05) is 6.07 Å². The van der Waals surface area contributed by atoms with E-state index >= 15 is 0 Å². The van der Waals surface area contributed by atoms with Gasteiger partial charge in [0.15, 0.2) is 0 Å². The molecule has 0 atom stereocenters. The molecule has 0 spiro atoms. The fourth-order valence-corrected chi connectivity index (χ4v) is 2.40. The van der Waals surface area contributed by atoms with E-state index < -0.39 is 17.8 Å². The largest absolute Gasteiger partial charge is 0.497 e. The zero-order valence-electron chi connectivity index (χ0n) is 16.5. The SMILES string of the molecule is COc1ccc(C=CC(=O)NCC(=O)NN=C(CCC(=O)O)c2ccccc2)cc1. The minimum atomic E-state index is -0.958. The van der Waals surface area contributed by atoms with Gasteiger partial charge >= 0.3 is 5.97 Å². The molecular formula is C22H23N3O5. The lowest BCUT2D eigenvalue weighted by Crippen LogP contribution is -2.34. The van der Waals surface area contributed by atoms with Crippen LogP contribution in [-0.4, -0.2) is 42.3 Å². The minimum Gasteiger partial charge on any atom is -0.497 e. The number of ether oxygens (including phenoxy) is 1. The molecule has 2 amide bonds. The fourth-order valence-electron chi connectivity index (χ4n) is 2.40. The van der Waals surface area contributed by atoms with Gasteiger partial charge < -0.3 is 15.2 Å². The van der Waals surface area contributed by atoms with Crippen molar-refractivity contribution >= 4 is 29.6 Å². The molecule has 0 aliphatic carbocycles. The van der Waals surface area contributed by atoms with Crippen LogP contribution in [-0.2, 0) is 14.4 Å². The molecule has 2 rings (SSSR count). The normalized spacial score (nSPS) is 11.2. The summed E-state index contributed by atoms with van der Waals surface area (Å²) in [5.41, 5.74) is 4.32. The van der Waals surface area contributed by atoms with E-state index in [2.05, 4.69) is 15.8 Å². The van der Waals surface area contributed by atoms with Crippen molar-refractivity contribution in [2.75, 3.05) is 13.7 Å². The monoisotopic (exact) mass is 409 g/mol. The number of carbonyl (C=O) groups excluding carboxylic acids is 2. The first-order chi connectivity index (χ1) is 14.5. The summed E-state index contributed by atoms with van der Waals surface area (Å²) >= 11 is 0. The number of rotatable bonds is 10. The third-order valence-electron chi connectivity index (χ3n) is 3.96. The van der Waals surface area contributed by atoms with Crippen LogP contribution in [0.2, 0.25) is 0 Å². The van der Waals surface area contributed by atoms with Gasteiger partial charge in [-0.15, -0.1) is 0 Å². The summed E-state index contributed by atoms with van der Waals surface area (Å²) in [7, 11) is 1.57. The van der Waals surface area contributed by atoms with Gasteiger partial charge in [0.2, 0.25) is 5.91 Å². The zero-order chi connectivity index (χ0) is 21.8. The highest BCUT2D eigenvalue weighted by atomic mass is 16.5. The van der Waals surface area contributed by atoms with Crippen LogP contribution >= 0.6 is 0 Å². The van der Waals surface area contributed by atoms with Gasteiger partial charge in [-0.25, -0.2) is 5.43 Å². The van der Waals surface area contributed by atoms with Crippen LogP contribution in [0.25, 0.3) is 6.08 Å². The topological polar surface area (TPSA) is 117 Å². The van der Waals surface area contributed by atoms with E-state index in [-0.39, 0.29) is 19.4 Å². The Morgan fingerprint density at radius 2 is 1.73 bits per heavy atom. The molecule has 0 fully saturated rings. The molecule has 8 nitrogen and oxygen atoms in total. The van der Waals surface area contributed by atoms with Gasteiger partial charge in [-0.3, -0.25) is 14.4 Å². The lowest BCUT2D eigenvalue weighted by atomic mass is 10.1. The number of carboxylic acids is 1. The predicted molar refractivity (Wildman–Crippen MR) is 113 cm³/mol. The first-order valence-electron chi connectivity index (χ1n) is 9.20. The van der Waals surface area contributed by atoms with Gasteiger partial charge in [-0.05, 0) is 29.3 Å². The standard InChI is InChI=1S/C22H23N3O5/c1-30-18-10-7-16(8-11-18)9-13-20(26)23-15-21(27)25-24-19(12-14-22(28)29)17-5-3-2-4-6-17/h2-11,13H,12,14-15H2,1H3,(H,23,26)(H,25,27)(H,28,29). The van der Waals surface area contributed by atoms with Crippen LogP contribution in [0.15, 0.2) is 65.8 Å². The number of hydrogen-bond donors (Lipinski definition) is 3. The van der Waals surface area contributed by atoms with Crippen molar-refractivity contribution in [3.63, 3.8) is 0 Å². The number of amides is 2. The molecule has 0 bridgehead atoms. The summed E-state index contributed by atoms with van der Waals surface area (Å²) in [6.07, 6.45) is 2.98. The highest BCUT2D eigenvalue weighted by Gasteiger charge is 2.08. The van der Waals surface area contributed by atoms with Gasteiger partial charge in [0.1, 0.15) is 5.75 Å². The van der Waals surface area contributed by atoms with Gasteiger partial charge in [0, 0.05) is 12.5 Å². The summed E-state index contributed by atoms with van der Waals surface area (Å²) in [4.78, 5) is 34.7. The smallest absolute Gasteiger partial charge is 0.303 e. The van der Waals surface area contributed by atoms with E-state index in [0.717, 1.165) is 5.56 Å². The van der Waals surface area contributed by atoms with Crippen molar-refractivity contribution in [3.05, 3.63) is 71.8 Å². The zero-order valence-corrected chi connectivity index (χ0v) is 16.5. The van der Waals surface area contributed by atoms with Gasteiger partial charge in [-0.2, -0.15) is 5.10 Å². The molecular weight excluding hydrogens is 386 g/mol. The Hall–Kier alpha value is -3.94.